The number of nitrogens with one attached hydrogen (secondary N) is 2. The van der Waals surface area contributed by atoms with Crippen molar-refractivity contribution >= 4 is 23.5 Å². The maximum Gasteiger partial charge on any atom is 0.322 e. The van der Waals surface area contributed by atoms with Crippen molar-refractivity contribution in [2.75, 3.05) is 11.9 Å². The first-order chi connectivity index (χ1) is 9.52. The number of halogens is 1. The molecule has 0 aliphatic heterocycles. The van der Waals surface area contributed by atoms with E-state index in [9.17, 15) is 4.79 Å². The summed E-state index contributed by atoms with van der Waals surface area (Å²) in [5, 5.41) is 5.90. The molecule has 8 heteroatoms. The van der Waals surface area contributed by atoms with E-state index in [-0.39, 0.29) is 23.3 Å². The summed E-state index contributed by atoms with van der Waals surface area (Å²) < 4.78 is 5.36. The first-order valence-electron chi connectivity index (χ1n) is 6.64. The molecule has 1 saturated carbocycles. The number of carbonyl (C=O) groups excluding carboxylic acids is 1. The van der Waals surface area contributed by atoms with Crippen molar-refractivity contribution in [3.05, 3.63) is 5.28 Å². The Morgan fingerprint density at radius 1 is 1.40 bits per heavy atom. The SMILES string of the molecule is CC(C)Oc1nc(Cl)nc(NCCC(=O)NC2CC2)n1. The molecule has 0 radical (unpaired) electrons. The Balaban J connectivity index is 1.81. The number of amides is 1. The van der Waals surface area contributed by atoms with Gasteiger partial charge in [0, 0.05) is 19.0 Å². The van der Waals surface area contributed by atoms with Crippen LogP contribution in [0.4, 0.5) is 5.95 Å². The molecule has 110 valence electrons. The Hall–Kier alpha value is -1.63. The zero-order chi connectivity index (χ0) is 14.5. The van der Waals surface area contributed by atoms with E-state index in [1.165, 1.54) is 0 Å². The highest BCUT2D eigenvalue weighted by Gasteiger charge is 2.22. The van der Waals surface area contributed by atoms with Gasteiger partial charge in [0.05, 0.1) is 6.10 Å². The summed E-state index contributed by atoms with van der Waals surface area (Å²) >= 11 is 5.79. The van der Waals surface area contributed by atoms with Gasteiger partial charge in [0.25, 0.3) is 0 Å². The summed E-state index contributed by atoms with van der Waals surface area (Å²) in [6.45, 7) is 4.17. The maximum atomic E-state index is 11.5. The van der Waals surface area contributed by atoms with E-state index >= 15 is 0 Å². The zero-order valence-electron chi connectivity index (χ0n) is 11.5. The van der Waals surface area contributed by atoms with Crippen molar-refractivity contribution in [1.29, 1.82) is 0 Å². The van der Waals surface area contributed by atoms with Crippen LogP contribution in [-0.2, 0) is 4.79 Å². The Morgan fingerprint density at radius 3 is 2.80 bits per heavy atom. The molecule has 0 saturated heterocycles. The molecule has 2 rings (SSSR count). The van der Waals surface area contributed by atoms with Gasteiger partial charge < -0.3 is 15.4 Å². The third-order valence-corrected chi connectivity index (χ3v) is 2.68. The second-order valence-corrected chi connectivity index (χ2v) is 5.23. The highest BCUT2D eigenvalue weighted by atomic mass is 35.5. The molecule has 1 aromatic rings. The average Bonchev–Trinajstić information content (AvgIpc) is 3.11. The fourth-order valence-corrected chi connectivity index (χ4v) is 1.64. The minimum Gasteiger partial charge on any atom is -0.461 e. The van der Waals surface area contributed by atoms with E-state index in [0.29, 0.717) is 25.0 Å². The van der Waals surface area contributed by atoms with Gasteiger partial charge in [-0.1, -0.05) is 0 Å². The minimum absolute atomic E-state index is 0.0267. The summed E-state index contributed by atoms with van der Waals surface area (Å²) in [7, 11) is 0. The molecule has 1 fully saturated rings. The molecule has 2 N–H and O–H groups in total. The van der Waals surface area contributed by atoms with Gasteiger partial charge in [0.2, 0.25) is 17.1 Å². The second kappa shape index (κ2) is 6.69. The summed E-state index contributed by atoms with van der Waals surface area (Å²) in [6, 6.07) is 0.546. The van der Waals surface area contributed by atoms with Crippen LogP contribution in [0, 0.1) is 0 Å². The predicted molar refractivity (Wildman–Crippen MR) is 74.9 cm³/mol. The van der Waals surface area contributed by atoms with Crippen LogP contribution in [-0.4, -0.2) is 39.5 Å². The summed E-state index contributed by atoms with van der Waals surface area (Å²) in [6.07, 6.45) is 2.47. The number of hydrogen-bond donors (Lipinski definition) is 2. The van der Waals surface area contributed by atoms with Gasteiger partial charge in [0.1, 0.15) is 0 Å². The lowest BCUT2D eigenvalue weighted by atomic mass is 10.4. The highest BCUT2D eigenvalue weighted by molar-refractivity contribution is 6.28. The van der Waals surface area contributed by atoms with Gasteiger partial charge in [0.15, 0.2) is 0 Å². The Labute approximate surface area is 122 Å². The van der Waals surface area contributed by atoms with Crippen molar-refractivity contribution < 1.29 is 9.53 Å². The molecule has 0 spiro atoms. The molecular weight excluding hydrogens is 282 g/mol. The van der Waals surface area contributed by atoms with Crippen molar-refractivity contribution in [1.82, 2.24) is 20.3 Å². The van der Waals surface area contributed by atoms with E-state index in [1.54, 1.807) is 0 Å². The van der Waals surface area contributed by atoms with E-state index in [1.807, 2.05) is 13.8 Å². The van der Waals surface area contributed by atoms with Gasteiger partial charge in [-0.3, -0.25) is 4.79 Å². The standard InChI is InChI=1S/C12H18ClN5O2/c1-7(2)20-12-17-10(13)16-11(18-12)14-6-5-9(19)15-8-3-4-8/h7-8H,3-6H2,1-2H3,(H,15,19)(H,14,16,17,18). The number of anilines is 1. The highest BCUT2D eigenvalue weighted by Crippen LogP contribution is 2.18. The lowest BCUT2D eigenvalue weighted by Crippen LogP contribution is -2.27. The van der Waals surface area contributed by atoms with Crippen LogP contribution in [0.25, 0.3) is 0 Å². The molecule has 0 aromatic carbocycles. The topological polar surface area (TPSA) is 89.0 Å². The predicted octanol–water partition coefficient (Wildman–Crippen LogP) is 1.39. The van der Waals surface area contributed by atoms with Crippen molar-refractivity contribution in [3.63, 3.8) is 0 Å². The monoisotopic (exact) mass is 299 g/mol. The quantitative estimate of drug-likeness (QED) is 0.791. The smallest absolute Gasteiger partial charge is 0.322 e. The van der Waals surface area contributed by atoms with Crippen molar-refractivity contribution in [3.8, 4) is 6.01 Å². The van der Waals surface area contributed by atoms with Crippen LogP contribution in [0.15, 0.2) is 0 Å². The van der Waals surface area contributed by atoms with Crippen molar-refractivity contribution in [2.45, 2.75) is 45.3 Å². The molecule has 1 aromatic heterocycles. The van der Waals surface area contributed by atoms with E-state index in [2.05, 4.69) is 25.6 Å². The summed E-state index contributed by atoms with van der Waals surface area (Å²) in [5.74, 6) is 0.332. The first-order valence-corrected chi connectivity index (χ1v) is 7.02. The van der Waals surface area contributed by atoms with Crippen molar-refractivity contribution in [2.24, 2.45) is 0 Å². The maximum absolute atomic E-state index is 11.5. The zero-order valence-corrected chi connectivity index (χ0v) is 12.3. The van der Waals surface area contributed by atoms with Gasteiger partial charge in [-0.15, -0.1) is 0 Å². The number of nitrogens with zero attached hydrogens (tertiary/aromatic N) is 3. The van der Waals surface area contributed by atoms with E-state index in [0.717, 1.165) is 12.8 Å². The van der Waals surface area contributed by atoms with Gasteiger partial charge in [-0.25, -0.2) is 0 Å². The summed E-state index contributed by atoms with van der Waals surface area (Å²) in [4.78, 5) is 23.4. The fourth-order valence-electron chi connectivity index (χ4n) is 1.49. The molecule has 1 aliphatic carbocycles. The lowest BCUT2D eigenvalue weighted by Gasteiger charge is -2.09. The van der Waals surface area contributed by atoms with Crippen LogP contribution in [0.2, 0.25) is 5.28 Å². The van der Waals surface area contributed by atoms with E-state index in [4.69, 9.17) is 16.3 Å². The third kappa shape index (κ3) is 5.16. The van der Waals surface area contributed by atoms with Crippen LogP contribution in [0.5, 0.6) is 6.01 Å². The largest absolute Gasteiger partial charge is 0.461 e. The van der Waals surface area contributed by atoms with Gasteiger partial charge >= 0.3 is 6.01 Å². The van der Waals surface area contributed by atoms with Crippen LogP contribution in [0.3, 0.4) is 0 Å². The minimum atomic E-state index is -0.0503. The van der Waals surface area contributed by atoms with Crippen LogP contribution >= 0.6 is 11.6 Å². The van der Waals surface area contributed by atoms with Gasteiger partial charge in [-0.05, 0) is 38.3 Å². The number of carbonyl (C=O) groups is 1. The fraction of sp³-hybridized carbons (Fsp3) is 0.667. The molecule has 1 heterocycles. The Kier molecular flexibility index (Phi) is 4.94. The third-order valence-electron chi connectivity index (χ3n) is 2.51. The Morgan fingerprint density at radius 2 is 2.15 bits per heavy atom. The lowest BCUT2D eigenvalue weighted by molar-refractivity contribution is -0.120. The number of hydrogen-bond acceptors (Lipinski definition) is 6. The molecule has 7 nitrogen and oxygen atoms in total. The van der Waals surface area contributed by atoms with Crippen LogP contribution < -0.4 is 15.4 Å². The molecule has 1 aliphatic rings. The molecule has 0 unspecified atom stereocenters. The van der Waals surface area contributed by atoms with Crippen LogP contribution in [0.1, 0.15) is 33.1 Å². The van der Waals surface area contributed by atoms with E-state index < -0.39 is 0 Å². The molecule has 20 heavy (non-hydrogen) atoms. The Bertz CT molecular complexity index is 479. The summed E-state index contributed by atoms with van der Waals surface area (Å²) in [5.41, 5.74) is 0. The number of aromatic nitrogens is 3. The molecule has 0 bridgehead atoms. The second-order valence-electron chi connectivity index (χ2n) is 4.90. The van der Waals surface area contributed by atoms with Gasteiger partial charge in [-0.2, -0.15) is 15.0 Å². The number of ether oxygens (including phenoxy) is 1. The normalized spacial score (nSPS) is 14.2. The molecule has 0 atom stereocenters. The molecular formula is C12H18ClN5O2. The average molecular weight is 300 g/mol. The molecule has 1 amide bonds. The first kappa shape index (κ1) is 14.8. The number of rotatable bonds is 7.